The van der Waals surface area contributed by atoms with Crippen LogP contribution >= 0.6 is 0 Å². The molecule has 0 aromatic heterocycles. The molecule has 21 heavy (non-hydrogen) atoms. The number of rotatable bonds is 4. The third-order valence-corrected chi connectivity index (χ3v) is 3.71. The molecule has 0 fully saturated rings. The number of hydrogen-bond donors (Lipinski definition) is 2. The van der Waals surface area contributed by atoms with Gasteiger partial charge in [-0.25, -0.2) is 0 Å². The number of carbonyl (C=O) groups excluding carboxylic acids is 1. The summed E-state index contributed by atoms with van der Waals surface area (Å²) in [4.78, 5) is 12.2. The van der Waals surface area contributed by atoms with Crippen molar-refractivity contribution >= 4 is 11.6 Å². The normalized spacial score (nSPS) is 12.4. The number of anilines is 1. The molecule has 0 unspecified atom stereocenters. The maximum atomic E-state index is 12.2. The van der Waals surface area contributed by atoms with Crippen LogP contribution in [0.15, 0.2) is 42.5 Å². The van der Waals surface area contributed by atoms with Crippen LogP contribution in [0.2, 0.25) is 0 Å². The molecule has 0 bridgehead atoms. The van der Waals surface area contributed by atoms with E-state index in [1.807, 2.05) is 42.5 Å². The maximum Gasteiger partial charge on any atom is 0.251 e. The van der Waals surface area contributed by atoms with Gasteiger partial charge in [0.1, 0.15) is 5.75 Å². The van der Waals surface area contributed by atoms with Crippen molar-refractivity contribution in [3.8, 4) is 5.75 Å². The van der Waals surface area contributed by atoms with Gasteiger partial charge in [0, 0.05) is 29.9 Å². The molecule has 108 valence electrons. The maximum absolute atomic E-state index is 12.2. The molecular formula is C17H18N2O2. The fourth-order valence-corrected chi connectivity index (χ4v) is 2.56. The van der Waals surface area contributed by atoms with E-state index in [0.717, 1.165) is 30.0 Å². The standard InChI is InChI=1S/C17H18N2O2/c1-21-16-5-3-2-4-14(16)11-19-17(20)13-7-6-12-8-9-18-15(12)10-13/h2-7,10,18H,8-9,11H2,1H3,(H,19,20). The number of ether oxygens (including phenoxy) is 1. The summed E-state index contributed by atoms with van der Waals surface area (Å²) in [6.07, 6.45) is 1.03. The van der Waals surface area contributed by atoms with Crippen molar-refractivity contribution in [1.82, 2.24) is 5.32 Å². The molecule has 0 spiro atoms. The van der Waals surface area contributed by atoms with Crippen molar-refractivity contribution in [2.75, 3.05) is 19.0 Å². The highest BCUT2D eigenvalue weighted by molar-refractivity contribution is 5.95. The van der Waals surface area contributed by atoms with E-state index in [4.69, 9.17) is 4.74 Å². The first-order chi connectivity index (χ1) is 10.3. The third-order valence-electron chi connectivity index (χ3n) is 3.71. The fourth-order valence-electron chi connectivity index (χ4n) is 2.56. The zero-order valence-corrected chi connectivity index (χ0v) is 12.0. The second-order valence-electron chi connectivity index (χ2n) is 5.04. The fraction of sp³-hybridized carbons (Fsp3) is 0.235. The van der Waals surface area contributed by atoms with E-state index in [0.29, 0.717) is 12.1 Å². The van der Waals surface area contributed by atoms with Gasteiger partial charge in [-0.15, -0.1) is 0 Å². The van der Waals surface area contributed by atoms with Gasteiger partial charge >= 0.3 is 0 Å². The van der Waals surface area contributed by atoms with E-state index < -0.39 is 0 Å². The molecule has 2 aromatic carbocycles. The quantitative estimate of drug-likeness (QED) is 0.906. The Hall–Kier alpha value is -2.49. The molecule has 0 saturated carbocycles. The minimum absolute atomic E-state index is 0.0718. The number of nitrogens with one attached hydrogen (secondary N) is 2. The van der Waals surface area contributed by atoms with E-state index >= 15 is 0 Å². The van der Waals surface area contributed by atoms with Gasteiger partial charge in [0.05, 0.1) is 7.11 Å². The average molecular weight is 282 g/mol. The Kier molecular flexibility index (Phi) is 3.77. The van der Waals surface area contributed by atoms with Crippen molar-refractivity contribution in [3.63, 3.8) is 0 Å². The molecular weight excluding hydrogens is 264 g/mol. The average Bonchev–Trinajstić information content (AvgIpc) is 3.00. The van der Waals surface area contributed by atoms with E-state index in [1.165, 1.54) is 5.56 Å². The van der Waals surface area contributed by atoms with Gasteiger partial charge in [-0.1, -0.05) is 24.3 Å². The summed E-state index contributed by atoms with van der Waals surface area (Å²) >= 11 is 0. The number of hydrogen-bond acceptors (Lipinski definition) is 3. The van der Waals surface area contributed by atoms with Gasteiger partial charge in [-0.2, -0.15) is 0 Å². The Balaban J connectivity index is 1.69. The van der Waals surface area contributed by atoms with Crippen LogP contribution in [0.25, 0.3) is 0 Å². The predicted molar refractivity (Wildman–Crippen MR) is 82.8 cm³/mol. The summed E-state index contributed by atoms with van der Waals surface area (Å²) in [7, 11) is 1.63. The second kappa shape index (κ2) is 5.87. The molecule has 0 aliphatic carbocycles. The molecule has 0 atom stereocenters. The van der Waals surface area contributed by atoms with E-state index in [2.05, 4.69) is 10.6 Å². The Bertz CT molecular complexity index is 668. The highest BCUT2D eigenvalue weighted by atomic mass is 16.5. The molecule has 4 nitrogen and oxygen atoms in total. The van der Waals surface area contributed by atoms with Gasteiger partial charge in [-0.3, -0.25) is 4.79 Å². The predicted octanol–water partition coefficient (Wildman–Crippen LogP) is 2.59. The third kappa shape index (κ3) is 2.84. The molecule has 3 rings (SSSR count). The topological polar surface area (TPSA) is 50.4 Å². The zero-order valence-electron chi connectivity index (χ0n) is 12.0. The Morgan fingerprint density at radius 2 is 2.14 bits per heavy atom. The van der Waals surface area contributed by atoms with Gasteiger partial charge in [-0.05, 0) is 30.2 Å². The van der Waals surface area contributed by atoms with Crippen molar-refractivity contribution in [2.45, 2.75) is 13.0 Å². The summed E-state index contributed by atoms with van der Waals surface area (Å²) < 4.78 is 5.28. The molecule has 1 aliphatic heterocycles. The van der Waals surface area contributed by atoms with Crippen molar-refractivity contribution < 1.29 is 9.53 Å². The summed E-state index contributed by atoms with van der Waals surface area (Å²) in [5.41, 5.74) is 3.99. The Morgan fingerprint density at radius 3 is 3.00 bits per heavy atom. The molecule has 4 heteroatoms. The van der Waals surface area contributed by atoms with Gasteiger partial charge < -0.3 is 15.4 Å². The first-order valence-corrected chi connectivity index (χ1v) is 7.05. The molecule has 2 N–H and O–H groups in total. The lowest BCUT2D eigenvalue weighted by Crippen LogP contribution is -2.23. The number of fused-ring (bicyclic) bond motifs is 1. The zero-order chi connectivity index (χ0) is 14.7. The minimum Gasteiger partial charge on any atom is -0.496 e. The Morgan fingerprint density at radius 1 is 1.29 bits per heavy atom. The summed E-state index contributed by atoms with van der Waals surface area (Å²) in [5, 5.41) is 6.22. The number of carbonyl (C=O) groups is 1. The van der Waals surface area contributed by atoms with Crippen LogP contribution in [-0.4, -0.2) is 19.6 Å². The molecule has 1 amide bonds. The molecule has 1 heterocycles. The smallest absolute Gasteiger partial charge is 0.251 e. The first kappa shape index (κ1) is 13.5. The van der Waals surface area contributed by atoms with E-state index in [-0.39, 0.29) is 5.91 Å². The lowest BCUT2D eigenvalue weighted by Gasteiger charge is -2.10. The molecule has 2 aromatic rings. The van der Waals surface area contributed by atoms with E-state index in [1.54, 1.807) is 7.11 Å². The monoisotopic (exact) mass is 282 g/mol. The van der Waals surface area contributed by atoms with Crippen LogP contribution in [0.1, 0.15) is 21.5 Å². The number of para-hydroxylation sites is 1. The molecule has 1 aliphatic rings. The highest BCUT2D eigenvalue weighted by Gasteiger charge is 2.13. The summed E-state index contributed by atoms with van der Waals surface area (Å²) in [5.74, 6) is 0.714. The van der Waals surface area contributed by atoms with Crippen LogP contribution < -0.4 is 15.4 Å². The number of methoxy groups -OCH3 is 1. The van der Waals surface area contributed by atoms with E-state index in [9.17, 15) is 4.79 Å². The van der Waals surface area contributed by atoms with Crippen LogP contribution in [0.4, 0.5) is 5.69 Å². The number of benzene rings is 2. The SMILES string of the molecule is COc1ccccc1CNC(=O)c1ccc2c(c1)NCC2. The minimum atomic E-state index is -0.0718. The van der Waals surface area contributed by atoms with Gasteiger partial charge in [0.25, 0.3) is 5.91 Å². The summed E-state index contributed by atoms with van der Waals surface area (Å²) in [6.45, 7) is 1.40. The van der Waals surface area contributed by atoms with Crippen molar-refractivity contribution in [2.24, 2.45) is 0 Å². The lowest BCUT2D eigenvalue weighted by molar-refractivity contribution is 0.0950. The van der Waals surface area contributed by atoms with Crippen LogP contribution in [0.5, 0.6) is 5.75 Å². The lowest BCUT2D eigenvalue weighted by atomic mass is 10.1. The second-order valence-corrected chi connectivity index (χ2v) is 5.04. The van der Waals surface area contributed by atoms with Crippen LogP contribution in [-0.2, 0) is 13.0 Å². The van der Waals surface area contributed by atoms with Crippen molar-refractivity contribution in [3.05, 3.63) is 59.2 Å². The van der Waals surface area contributed by atoms with Gasteiger partial charge in [0.15, 0.2) is 0 Å². The highest BCUT2D eigenvalue weighted by Crippen LogP contribution is 2.23. The van der Waals surface area contributed by atoms with Crippen molar-refractivity contribution in [1.29, 1.82) is 0 Å². The number of amides is 1. The Labute approximate surface area is 124 Å². The van der Waals surface area contributed by atoms with Gasteiger partial charge in [0.2, 0.25) is 0 Å². The molecule has 0 saturated heterocycles. The largest absolute Gasteiger partial charge is 0.496 e. The van der Waals surface area contributed by atoms with Crippen LogP contribution in [0, 0.1) is 0 Å². The molecule has 0 radical (unpaired) electrons. The summed E-state index contributed by atoms with van der Waals surface area (Å²) in [6, 6.07) is 13.5. The first-order valence-electron chi connectivity index (χ1n) is 7.05. The van der Waals surface area contributed by atoms with Crippen LogP contribution in [0.3, 0.4) is 0 Å².